The number of hydrogen-bond acceptors (Lipinski definition) is 1. The molecule has 0 spiro atoms. The third-order valence-corrected chi connectivity index (χ3v) is 4.38. The van der Waals surface area contributed by atoms with Gasteiger partial charge < -0.3 is 0 Å². The molecule has 0 aromatic heterocycles. The molecule has 0 N–H and O–H groups in total. The quantitative estimate of drug-likeness (QED) is 0.806. The molecule has 0 radical (unpaired) electrons. The minimum atomic E-state index is 0.629. The minimum absolute atomic E-state index is 0.629. The van der Waals surface area contributed by atoms with Crippen molar-refractivity contribution in [2.45, 2.75) is 39.3 Å². The highest BCUT2D eigenvalue weighted by Gasteiger charge is 2.26. The first-order valence-corrected chi connectivity index (χ1v) is 8.07. The highest BCUT2D eigenvalue weighted by molar-refractivity contribution is 5.31. The zero-order valence-corrected chi connectivity index (χ0v) is 13.1. The highest BCUT2D eigenvalue weighted by atomic mass is 15.2. The molecule has 1 aliphatic rings. The molecule has 21 heavy (non-hydrogen) atoms. The number of benzene rings is 2. The van der Waals surface area contributed by atoms with Crippen LogP contribution in [0.25, 0.3) is 0 Å². The Labute approximate surface area is 128 Å². The van der Waals surface area contributed by atoms with Crippen LogP contribution in [-0.4, -0.2) is 17.5 Å². The second-order valence-electron chi connectivity index (χ2n) is 6.64. The van der Waals surface area contributed by atoms with Crippen LogP contribution in [0.3, 0.4) is 0 Å². The number of rotatable bonds is 4. The lowest BCUT2D eigenvalue weighted by molar-refractivity contribution is 0.151. The first kappa shape index (κ1) is 14.3. The largest absolute Gasteiger partial charge is 0.295 e. The van der Waals surface area contributed by atoms with Crippen LogP contribution in [0.5, 0.6) is 0 Å². The first-order valence-electron chi connectivity index (χ1n) is 8.07. The van der Waals surface area contributed by atoms with Crippen molar-refractivity contribution in [3.8, 4) is 0 Å². The van der Waals surface area contributed by atoms with E-state index in [1.807, 2.05) is 0 Å². The molecular weight excluding hydrogens is 254 g/mol. The van der Waals surface area contributed by atoms with Gasteiger partial charge in [-0.3, -0.25) is 4.90 Å². The van der Waals surface area contributed by atoms with Crippen molar-refractivity contribution in [3.05, 3.63) is 71.3 Å². The highest BCUT2D eigenvalue weighted by Crippen LogP contribution is 2.26. The van der Waals surface area contributed by atoms with Crippen molar-refractivity contribution in [2.24, 2.45) is 5.92 Å². The maximum atomic E-state index is 2.68. The zero-order valence-electron chi connectivity index (χ0n) is 13.1. The summed E-state index contributed by atoms with van der Waals surface area (Å²) in [6, 6.07) is 20.5. The van der Waals surface area contributed by atoms with Crippen molar-refractivity contribution in [3.63, 3.8) is 0 Å². The summed E-state index contributed by atoms with van der Waals surface area (Å²) in [4.78, 5) is 2.68. The SMILES string of the molecule is CC(C)CN1Cc2ccccc2CC1Cc1ccccc1. The van der Waals surface area contributed by atoms with Gasteiger partial charge in [-0.1, -0.05) is 68.4 Å². The monoisotopic (exact) mass is 279 g/mol. The van der Waals surface area contributed by atoms with E-state index in [-0.39, 0.29) is 0 Å². The Hall–Kier alpha value is -1.60. The Kier molecular flexibility index (Phi) is 4.40. The molecule has 3 rings (SSSR count). The van der Waals surface area contributed by atoms with E-state index in [0.29, 0.717) is 12.0 Å². The molecule has 1 heteroatoms. The maximum absolute atomic E-state index is 2.68. The number of nitrogens with zero attached hydrogens (tertiary/aromatic N) is 1. The summed E-state index contributed by atoms with van der Waals surface area (Å²) < 4.78 is 0. The van der Waals surface area contributed by atoms with Crippen LogP contribution >= 0.6 is 0 Å². The maximum Gasteiger partial charge on any atom is 0.0239 e. The summed E-state index contributed by atoms with van der Waals surface area (Å²) in [5, 5.41) is 0. The fraction of sp³-hybridized carbons (Fsp3) is 0.400. The summed E-state index contributed by atoms with van der Waals surface area (Å²) in [6.07, 6.45) is 2.33. The van der Waals surface area contributed by atoms with Gasteiger partial charge in [-0.25, -0.2) is 0 Å². The summed E-state index contributed by atoms with van der Waals surface area (Å²) in [5.74, 6) is 0.716. The normalized spacial score (nSPS) is 18.7. The molecule has 1 aliphatic heterocycles. The Morgan fingerprint density at radius 2 is 1.62 bits per heavy atom. The van der Waals surface area contributed by atoms with Gasteiger partial charge in [0.1, 0.15) is 0 Å². The lowest BCUT2D eigenvalue weighted by atomic mass is 9.90. The molecule has 0 aliphatic carbocycles. The van der Waals surface area contributed by atoms with Gasteiger partial charge in [0, 0.05) is 19.1 Å². The molecule has 2 aromatic carbocycles. The number of fused-ring (bicyclic) bond motifs is 1. The molecule has 110 valence electrons. The van der Waals surface area contributed by atoms with E-state index in [9.17, 15) is 0 Å². The van der Waals surface area contributed by atoms with Gasteiger partial charge in [-0.15, -0.1) is 0 Å². The van der Waals surface area contributed by atoms with Crippen molar-refractivity contribution in [1.82, 2.24) is 4.90 Å². The van der Waals surface area contributed by atoms with Gasteiger partial charge in [0.05, 0.1) is 0 Å². The smallest absolute Gasteiger partial charge is 0.0239 e. The standard InChI is InChI=1S/C20H25N/c1-16(2)14-21-15-19-11-7-6-10-18(19)13-20(21)12-17-8-4-3-5-9-17/h3-11,16,20H,12-15H2,1-2H3. The molecule has 0 saturated carbocycles. The fourth-order valence-electron chi connectivity index (χ4n) is 3.41. The lowest BCUT2D eigenvalue weighted by Gasteiger charge is -2.38. The molecule has 1 unspecified atom stereocenters. The average molecular weight is 279 g/mol. The summed E-state index contributed by atoms with van der Waals surface area (Å²) >= 11 is 0. The van der Waals surface area contributed by atoms with E-state index in [2.05, 4.69) is 73.3 Å². The van der Waals surface area contributed by atoms with Crippen molar-refractivity contribution >= 4 is 0 Å². The van der Waals surface area contributed by atoms with Crippen LogP contribution in [0.1, 0.15) is 30.5 Å². The minimum Gasteiger partial charge on any atom is -0.295 e. The second kappa shape index (κ2) is 6.44. The molecule has 1 nitrogen and oxygen atoms in total. The van der Waals surface area contributed by atoms with E-state index in [0.717, 1.165) is 13.0 Å². The second-order valence-corrected chi connectivity index (χ2v) is 6.64. The molecule has 1 heterocycles. The summed E-state index contributed by atoms with van der Waals surface area (Å²) in [7, 11) is 0. The van der Waals surface area contributed by atoms with Gasteiger partial charge in [-0.05, 0) is 35.4 Å². The van der Waals surface area contributed by atoms with Crippen LogP contribution in [-0.2, 0) is 19.4 Å². The van der Waals surface area contributed by atoms with Crippen LogP contribution in [0, 0.1) is 5.92 Å². The van der Waals surface area contributed by atoms with E-state index in [4.69, 9.17) is 0 Å². The lowest BCUT2D eigenvalue weighted by Crippen LogP contribution is -2.43. The third kappa shape index (κ3) is 3.54. The van der Waals surface area contributed by atoms with Crippen LogP contribution in [0.15, 0.2) is 54.6 Å². The Bertz CT molecular complexity index is 573. The summed E-state index contributed by atoms with van der Waals surface area (Å²) in [5.41, 5.74) is 4.51. The third-order valence-electron chi connectivity index (χ3n) is 4.38. The molecule has 2 aromatic rings. The molecule has 1 atom stereocenters. The van der Waals surface area contributed by atoms with Crippen LogP contribution < -0.4 is 0 Å². The molecular formula is C20H25N. The molecule has 0 fully saturated rings. The van der Waals surface area contributed by atoms with E-state index < -0.39 is 0 Å². The van der Waals surface area contributed by atoms with Crippen molar-refractivity contribution < 1.29 is 0 Å². The molecule has 0 bridgehead atoms. The zero-order chi connectivity index (χ0) is 14.7. The Morgan fingerprint density at radius 3 is 2.33 bits per heavy atom. The van der Waals surface area contributed by atoms with E-state index >= 15 is 0 Å². The number of hydrogen-bond donors (Lipinski definition) is 0. The van der Waals surface area contributed by atoms with Crippen molar-refractivity contribution in [1.29, 1.82) is 0 Å². The molecule has 0 amide bonds. The fourth-order valence-corrected chi connectivity index (χ4v) is 3.41. The first-order chi connectivity index (χ1) is 10.2. The average Bonchev–Trinajstić information content (AvgIpc) is 2.48. The van der Waals surface area contributed by atoms with Gasteiger partial charge >= 0.3 is 0 Å². The predicted molar refractivity (Wildman–Crippen MR) is 89.3 cm³/mol. The Balaban J connectivity index is 1.82. The van der Waals surface area contributed by atoms with Gasteiger partial charge in [0.15, 0.2) is 0 Å². The van der Waals surface area contributed by atoms with E-state index in [1.165, 1.54) is 24.1 Å². The van der Waals surface area contributed by atoms with E-state index in [1.54, 1.807) is 5.56 Å². The Morgan fingerprint density at radius 1 is 0.952 bits per heavy atom. The summed E-state index contributed by atoms with van der Waals surface area (Å²) in [6.45, 7) is 6.93. The van der Waals surface area contributed by atoms with Gasteiger partial charge in [0.25, 0.3) is 0 Å². The predicted octanol–water partition coefficient (Wildman–Crippen LogP) is 4.31. The van der Waals surface area contributed by atoms with Crippen molar-refractivity contribution in [2.75, 3.05) is 6.54 Å². The van der Waals surface area contributed by atoms with Crippen LogP contribution in [0.4, 0.5) is 0 Å². The topological polar surface area (TPSA) is 3.24 Å². The molecule has 0 saturated heterocycles. The van der Waals surface area contributed by atoms with Gasteiger partial charge in [-0.2, -0.15) is 0 Å². The van der Waals surface area contributed by atoms with Gasteiger partial charge in [0.2, 0.25) is 0 Å². The van der Waals surface area contributed by atoms with Crippen LogP contribution in [0.2, 0.25) is 0 Å².